The molecule has 0 bridgehead atoms. The Morgan fingerprint density at radius 1 is 1.33 bits per heavy atom. The van der Waals surface area contributed by atoms with Gasteiger partial charge in [0.15, 0.2) is 0 Å². The van der Waals surface area contributed by atoms with Crippen LogP contribution in [0.4, 0.5) is 5.82 Å². The normalized spacial score (nSPS) is 17.1. The Bertz CT molecular complexity index is 830. The smallest absolute Gasteiger partial charge is 0.263 e. The zero-order valence-corrected chi connectivity index (χ0v) is 12.2. The molecule has 5 nitrogen and oxygen atoms in total. The molecule has 0 fully saturated rings. The SMILES string of the molecule is Cc1noc2ncnc(NC3CCc4c(Cl)cccc43)c12. The molecule has 21 heavy (non-hydrogen) atoms. The van der Waals surface area contributed by atoms with Crippen molar-refractivity contribution in [1.29, 1.82) is 0 Å². The summed E-state index contributed by atoms with van der Waals surface area (Å²) in [6.07, 6.45) is 3.46. The average molecular weight is 301 g/mol. The zero-order valence-electron chi connectivity index (χ0n) is 11.4. The highest BCUT2D eigenvalue weighted by atomic mass is 35.5. The van der Waals surface area contributed by atoms with E-state index in [-0.39, 0.29) is 6.04 Å². The maximum absolute atomic E-state index is 6.26. The molecule has 1 atom stereocenters. The molecule has 0 radical (unpaired) electrons. The Morgan fingerprint density at radius 3 is 3.14 bits per heavy atom. The highest BCUT2D eigenvalue weighted by molar-refractivity contribution is 6.31. The largest absolute Gasteiger partial charge is 0.362 e. The van der Waals surface area contributed by atoms with E-state index in [0.717, 1.165) is 34.8 Å². The molecule has 106 valence electrons. The number of hydrogen-bond acceptors (Lipinski definition) is 5. The topological polar surface area (TPSA) is 63.8 Å². The number of rotatable bonds is 2. The van der Waals surface area contributed by atoms with E-state index in [4.69, 9.17) is 16.1 Å². The summed E-state index contributed by atoms with van der Waals surface area (Å²) in [6.45, 7) is 1.89. The van der Waals surface area contributed by atoms with Gasteiger partial charge in [0.2, 0.25) is 0 Å². The first kappa shape index (κ1) is 12.6. The Morgan fingerprint density at radius 2 is 2.24 bits per heavy atom. The van der Waals surface area contributed by atoms with Gasteiger partial charge in [0, 0.05) is 5.02 Å². The quantitative estimate of drug-likeness (QED) is 0.782. The molecular weight excluding hydrogens is 288 g/mol. The molecule has 1 N–H and O–H groups in total. The lowest BCUT2D eigenvalue weighted by Crippen LogP contribution is -2.09. The molecule has 0 aliphatic heterocycles. The van der Waals surface area contributed by atoms with Crippen molar-refractivity contribution in [3.8, 4) is 0 Å². The van der Waals surface area contributed by atoms with Crippen LogP contribution in [0.25, 0.3) is 11.1 Å². The third kappa shape index (κ3) is 1.96. The lowest BCUT2D eigenvalue weighted by atomic mass is 10.1. The molecule has 3 aromatic rings. The van der Waals surface area contributed by atoms with Crippen molar-refractivity contribution < 1.29 is 4.52 Å². The maximum Gasteiger partial charge on any atom is 0.263 e. The van der Waals surface area contributed by atoms with Gasteiger partial charge < -0.3 is 9.84 Å². The van der Waals surface area contributed by atoms with Crippen LogP contribution in [0.3, 0.4) is 0 Å². The monoisotopic (exact) mass is 300 g/mol. The van der Waals surface area contributed by atoms with Crippen LogP contribution >= 0.6 is 11.6 Å². The van der Waals surface area contributed by atoms with Crippen LogP contribution < -0.4 is 5.32 Å². The molecule has 6 heteroatoms. The number of hydrogen-bond donors (Lipinski definition) is 1. The first-order valence-corrected chi connectivity index (χ1v) is 7.22. The number of nitrogens with one attached hydrogen (secondary N) is 1. The van der Waals surface area contributed by atoms with Crippen LogP contribution in [0.15, 0.2) is 29.0 Å². The molecule has 2 aromatic heterocycles. The van der Waals surface area contributed by atoms with E-state index in [9.17, 15) is 0 Å². The fraction of sp³-hybridized carbons (Fsp3) is 0.267. The number of anilines is 1. The second kappa shape index (κ2) is 4.70. The summed E-state index contributed by atoms with van der Waals surface area (Å²) in [6, 6.07) is 6.24. The van der Waals surface area contributed by atoms with Gasteiger partial charge in [-0.1, -0.05) is 28.9 Å². The van der Waals surface area contributed by atoms with Crippen LogP contribution in [-0.4, -0.2) is 15.1 Å². The van der Waals surface area contributed by atoms with Crippen LogP contribution in [0.5, 0.6) is 0 Å². The number of aryl methyl sites for hydroxylation is 1. The second-order valence-corrected chi connectivity index (χ2v) is 5.62. The fourth-order valence-electron chi connectivity index (χ4n) is 2.96. The number of halogens is 1. The lowest BCUT2D eigenvalue weighted by Gasteiger charge is -2.15. The summed E-state index contributed by atoms with van der Waals surface area (Å²) in [5.74, 6) is 0.761. The van der Waals surface area contributed by atoms with E-state index in [1.165, 1.54) is 17.5 Å². The number of fused-ring (bicyclic) bond motifs is 2. The van der Waals surface area contributed by atoms with Gasteiger partial charge in [-0.25, -0.2) is 4.98 Å². The minimum absolute atomic E-state index is 0.200. The van der Waals surface area contributed by atoms with Gasteiger partial charge in [0.1, 0.15) is 17.5 Å². The maximum atomic E-state index is 6.26. The van der Waals surface area contributed by atoms with Gasteiger partial charge in [-0.3, -0.25) is 0 Å². The van der Waals surface area contributed by atoms with E-state index in [0.29, 0.717) is 5.71 Å². The molecule has 0 spiro atoms. The molecule has 1 aliphatic rings. The summed E-state index contributed by atoms with van der Waals surface area (Å²) in [5, 5.41) is 9.11. The summed E-state index contributed by atoms with van der Waals surface area (Å²) in [4.78, 5) is 8.44. The lowest BCUT2D eigenvalue weighted by molar-refractivity contribution is 0.442. The van der Waals surface area contributed by atoms with Crippen molar-refractivity contribution >= 4 is 28.5 Å². The standard InChI is InChI=1S/C15H13ClN4O/c1-8-13-14(17-7-18-15(13)21-20-8)19-12-6-5-9-10(12)3-2-4-11(9)16/h2-4,7,12H,5-6H2,1H3,(H,17,18,19). The van der Waals surface area contributed by atoms with Gasteiger partial charge in [-0.2, -0.15) is 4.98 Å². The summed E-state index contributed by atoms with van der Waals surface area (Å²) < 4.78 is 5.18. The predicted octanol–water partition coefficient (Wildman–Crippen LogP) is 3.68. The molecular formula is C15H13ClN4O. The van der Waals surface area contributed by atoms with Crippen molar-refractivity contribution in [3.63, 3.8) is 0 Å². The van der Waals surface area contributed by atoms with Crippen LogP contribution in [0.1, 0.15) is 29.3 Å². The van der Waals surface area contributed by atoms with E-state index < -0.39 is 0 Å². The Labute approximate surface area is 126 Å². The minimum Gasteiger partial charge on any atom is -0.362 e. The van der Waals surface area contributed by atoms with Gasteiger partial charge in [-0.15, -0.1) is 0 Å². The molecule has 0 saturated heterocycles. The van der Waals surface area contributed by atoms with Crippen LogP contribution in [0, 0.1) is 6.92 Å². The van der Waals surface area contributed by atoms with E-state index in [1.54, 1.807) is 0 Å². The molecule has 2 heterocycles. The summed E-state index contributed by atoms with van der Waals surface area (Å²) in [5.41, 5.74) is 3.76. The molecule has 4 rings (SSSR count). The van der Waals surface area contributed by atoms with Gasteiger partial charge in [0.25, 0.3) is 5.71 Å². The average Bonchev–Trinajstić information content (AvgIpc) is 3.06. The fourth-order valence-corrected chi connectivity index (χ4v) is 3.23. The highest BCUT2D eigenvalue weighted by Crippen LogP contribution is 2.38. The third-order valence-corrected chi connectivity index (χ3v) is 4.32. The Hall–Kier alpha value is -2.14. The van der Waals surface area contributed by atoms with Crippen molar-refractivity contribution in [3.05, 3.63) is 46.4 Å². The first-order chi connectivity index (χ1) is 10.2. The van der Waals surface area contributed by atoms with Crippen molar-refractivity contribution in [2.75, 3.05) is 5.32 Å². The second-order valence-electron chi connectivity index (χ2n) is 5.21. The van der Waals surface area contributed by atoms with Crippen molar-refractivity contribution in [2.24, 2.45) is 0 Å². The number of benzene rings is 1. The van der Waals surface area contributed by atoms with E-state index in [1.807, 2.05) is 19.1 Å². The van der Waals surface area contributed by atoms with Crippen LogP contribution in [0.2, 0.25) is 5.02 Å². The first-order valence-electron chi connectivity index (χ1n) is 6.85. The Balaban J connectivity index is 1.74. The summed E-state index contributed by atoms with van der Waals surface area (Å²) in [7, 11) is 0. The van der Waals surface area contributed by atoms with Gasteiger partial charge >= 0.3 is 0 Å². The number of aromatic nitrogens is 3. The molecule has 1 aliphatic carbocycles. The summed E-state index contributed by atoms with van der Waals surface area (Å²) >= 11 is 6.26. The number of nitrogens with zero attached hydrogens (tertiary/aromatic N) is 3. The molecule has 1 aromatic carbocycles. The van der Waals surface area contributed by atoms with E-state index >= 15 is 0 Å². The van der Waals surface area contributed by atoms with Gasteiger partial charge in [0.05, 0.1) is 11.7 Å². The molecule has 0 amide bonds. The predicted molar refractivity (Wildman–Crippen MR) is 80.5 cm³/mol. The van der Waals surface area contributed by atoms with E-state index in [2.05, 4.69) is 26.5 Å². The molecule has 1 unspecified atom stereocenters. The molecule has 0 saturated carbocycles. The third-order valence-electron chi connectivity index (χ3n) is 3.97. The zero-order chi connectivity index (χ0) is 14.4. The van der Waals surface area contributed by atoms with Crippen molar-refractivity contribution in [2.45, 2.75) is 25.8 Å². The Kier molecular flexibility index (Phi) is 2.82. The highest BCUT2D eigenvalue weighted by Gasteiger charge is 2.25. The van der Waals surface area contributed by atoms with Crippen molar-refractivity contribution in [1.82, 2.24) is 15.1 Å². The minimum atomic E-state index is 0.200. The van der Waals surface area contributed by atoms with Crippen LogP contribution in [-0.2, 0) is 6.42 Å². The van der Waals surface area contributed by atoms with Gasteiger partial charge in [-0.05, 0) is 37.0 Å².